The normalized spacial score (nSPS) is 13.0. The van der Waals surface area contributed by atoms with Gasteiger partial charge < -0.3 is 9.52 Å². The van der Waals surface area contributed by atoms with E-state index in [1.54, 1.807) is 18.2 Å². The van der Waals surface area contributed by atoms with Gasteiger partial charge in [0.2, 0.25) is 0 Å². The number of nitriles is 1. The Labute approximate surface area is 159 Å². The molecule has 0 amide bonds. The fraction of sp³-hybridized carbons (Fsp3) is 0.0476. The van der Waals surface area contributed by atoms with E-state index in [1.807, 2.05) is 24.3 Å². The predicted molar refractivity (Wildman–Crippen MR) is 103 cm³/mol. The molecule has 136 valence electrons. The number of rotatable bonds is 4. The number of phenolic OH excluding ortho intramolecular Hbond substituents is 1. The molecule has 0 radical (unpaired) electrons. The lowest BCUT2D eigenvalue weighted by Gasteiger charge is -2.01. The minimum atomic E-state index is -0.545. The Morgan fingerprint density at radius 2 is 2.07 bits per heavy atom. The number of hydrogen-bond donors (Lipinski definition) is 1. The summed E-state index contributed by atoms with van der Waals surface area (Å²) in [5.74, 6) is 0.518. The van der Waals surface area contributed by atoms with Gasteiger partial charge in [0, 0.05) is 24.6 Å². The molecule has 7 heteroatoms. The first-order valence-corrected chi connectivity index (χ1v) is 8.40. The van der Waals surface area contributed by atoms with Gasteiger partial charge in [-0.05, 0) is 29.8 Å². The third kappa shape index (κ3) is 3.15. The molecular formula is C21H13N3O4. The molecule has 2 heterocycles. The van der Waals surface area contributed by atoms with Crippen molar-refractivity contribution in [3.8, 4) is 23.1 Å². The SMILES string of the molecule is N#C/C(=C\c1ccc(-c2cc([N+](=O)[O-])ccc2O)o1)C1=Nc2ccccc2C1. The van der Waals surface area contributed by atoms with Crippen molar-refractivity contribution in [3.05, 3.63) is 81.6 Å². The molecule has 0 atom stereocenters. The minimum Gasteiger partial charge on any atom is -0.507 e. The number of allylic oxidation sites excluding steroid dienone is 1. The lowest BCUT2D eigenvalue weighted by atomic mass is 10.0. The first kappa shape index (κ1) is 17.2. The van der Waals surface area contributed by atoms with Gasteiger partial charge in [0.25, 0.3) is 5.69 Å². The second kappa shape index (κ2) is 6.85. The number of benzene rings is 2. The van der Waals surface area contributed by atoms with E-state index in [2.05, 4.69) is 11.1 Å². The molecule has 0 aliphatic carbocycles. The first-order chi connectivity index (χ1) is 13.5. The van der Waals surface area contributed by atoms with Crippen LogP contribution in [0.3, 0.4) is 0 Å². The highest BCUT2D eigenvalue weighted by atomic mass is 16.6. The van der Waals surface area contributed by atoms with Crippen molar-refractivity contribution in [3.63, 3.8) is 0 Å². The van der Waals surface area contributed by atoms with Gasteiger partial charge in [-0.15, -0.1) is 0 Å². The summed E-state index contributed by atoms with van der Waals surface area (Å²) < 4.78 is 5.69. The van der Waals surface area contributed by atoms with Gasteiger partial charge in [-0.25, -0.2) is 0 Å². The number of nitrogens with zero attached hydrogens (tertiary/aromatic N) is 3. The fourth-order valence-corrected chi connectivity index (χ4v) is 3.02. The number of nitro groups is 1. The van der Waals surface area contributed by atoms with E-state index in [4.69, 9.17) is 4.42 Å². The lowest BCUT2D eigenvalue weighted by Crippen LogP contribution is -2.00. The van der Waals surface area contributed by atoms with Gasteiger partial charge in [-0.3, -0.25) is 15.1 Å². The molecule has 0 saturated carbocycles. The summed E-state index contributed by atoms with van der Waals surface area (Å²) in [5, 5.41) is 30.5. The lowest BCUT2D eigenvalue weighted by molar-refractivity contribution is -0.384. The van der Waals surface area contributed by atoms with Gasteiger partial charge in [-0.1, -0.05) is 18.2 Å². The third-order valence-corrected chi connectivity index (χ3v) is 4.41. The quantitative estimate of drug-likeness (QED) is 0.402. The number of phenols is 1. The largest absolute Gasteiger partial charge is 0.507 e. The number of nitro benzene ring substituents is 1. The molecule has 1 aromatic heterocycles. The average Bonchev–Trinajstić information content (AvgIpc) is 3.33. The molecule has 1 N–H and O–H groups in total. The van der Waals surface area contributed by atoms with E-state index in [0.29, 0.717) is 23.5 Å². The molecule has 0 unspecified atom stereocenters. The van der Waals surface area contributed by atoms with Crippen molar-refractivity contribution in [2.24, 2.45) is 4.99 Å². The maximum absolute atomic E-state index is 11.0. The summed E-state index contributed by atoms with van der Waals surface area (Å²) in [5.41, 5.74) is 2.98. The molecule has 2 aromatic carbocycles. The Kier molecular flexibility index (Phi) is 4.22. The molecule has 1 aliphatic heterocycles. The Bertz CT molecular complexity index is 1200. The van der Waals surface area contributed by atoms with E-state index in [0.717, 1.165) is 11.3 Å². The predicted octanol–water partition coefficient (Wildman–Crippen LogP) is 4.80. The summed E-state index contributed by atoms with van der Waals surface area (Å²) in [6.07, 6.45) is 2.14. The second-order valence-electron chi connectivity index (χ2n) is 6.19. The Morgan fingerprint density at radius 1 is 1.25 bits per heavy atom. The van der Waals surface area contributed by atoms with Crippen LogP contribution in [0, 0.1) is 21.4 Å². The number of furan rings is 1. The number of aliphatic imine (C=N–C) groups is 1. The molecule has 3 aromatic rings. The van der Waals surface area contributed by atoms with Crippen LogP contribution in [0.1, 0.15) is 11.3 Å². The highest BCUT2D eigenvalue weighted by molar-refractivity contribution is 6.11. The molecule has 7 nitrogen and oxygen atoms in total. The van der Waals surface area contributed by atoms with Crippen LogP contribution in [0.5, 0.6) is 5.75 Å². The molecule has 0 saturated heterocycles. The molecule has 0 spiro atoms. The average molecular weight is 371 g/mol. The molecule has 1 aliphatic rings. The summed E-state index contributed by atoms with van der Waals surface area (Å²) in [4.78, 5) is 14.9. The van der Waals surface area contributed by atoms with Crippen LogP contribution in [0.25, 0.3) is 17.4 Å². The molecule has 0 bridgehead atoms. The zero-order valence-electron chi connectivity index (χ0n) is 14.5. The van der Waals surface area contributed by atoms with Crippen molar-refractivity contribution in [1.82, 2.24) is 0 Å². The fourth-order valence-electron chi connectivity index (χ4n) is 3.02. The van der Waals surface area contributed by atoms with Crippen LogP contribution >= 0.6 is 0 Å². The van der Waals surface area contributed by atoms with Crippen LogP contribution in [-0.4, -0.2) is 15.7 Å². The van der Waals surface area contributed by atoms with Crippen LogP contribution in [0.15, 0.2) is 69.6 Å². The number of aromatic hydroxyl groups is 1. The van der Waals surface area contributed by atoms with E-state index in [-0.39, 0.29) is 22.8 Å². The number of fused-ring (bicyclic) bond motifs is 1. The topological polar surface area (TPSA) is 113 Å². The summed E-state index contributed by atoms with van der Waals surface area (Å²) in [6.45, 7) is 0. The van der Waals surface area contributed by atoms with Crippen LogP contribution < -0.4 is 0 Å². The van der Waals surface area contributed by atoms with Gasteiger partial charge >= 0.3 is 0 Å². The van der Waals surface area contributed by atoms with Gasteiger partial charge in [-0.2, -0.15) is 5.26 Å². The molecule has 0 fully saturated rings. The van der Waals surface area contributed by atoms with Gasteiger partial charge in [0.1, 0.15) is 23.3 Å². The van der Waals surface area contributed by atoms with Gasteiger partial charge in [0.15, 0.2) is 0 Å². The maximum atomic E-state index is 11.0. The zero-order valence-corrected chi connectivity index (χ0v) is 14.5. The van der Waals surface area contributed by atoms with Crippen LogP contribution in [0.2, 0.25) is 0 Å². The Hall–Kier alpha value is -4.18. The number of non-ortho nitro benzene ring substituents is 1. The van der Waals surface area contributed by atoms with Crippen molar-refractivity contribution >= 4 is 23.2 Å². The zero-order chi connectivity index (χ0) is 19.7. The standard InChI is InChI=1S/C21H13N3O4/c22-12-14(19-10-13-3-1-2-4-18(13)23-19)9-16-6-8-21(28-16)17-11-15(24(26)27)5-7-20(17)25/h1-9,11,25H,10H2/b14-9+. The summed E-state index contributed by atoms with van der Waals surface area (Å²) >= 11 is 0. The van der Waals surface area contributed by atoms with E-state index in [9.17, 15) is 20.5 Å². The monoisotopic (exact) mass is 371 g/mol. The van der Waals surface area contributed by atoms with E-state index in [1.165, 1.54) is 18.2 Å². The second-order valence-corrected chi connectivity index (χ2v) is 6.19. The number of hydrogen-bond acceptors (Lipinski definition) is 6. The van der Waals surface area contributed by atoms with Crippen LogP contribution in [-0.2, 0) is 6.42 Å². The summed E-state index contributed by atoms with van der Waals surface area (Å²) in [7, 11) is 0. The Balaban J connectivity index is 1.66. The summed E-state index contributed by atoms with van der Waals surface area (Å²) in [6, 6.07) is 16.8. The van der Waals surface area contributed by atoms with Crippen molar-refractivity contribution < 1.29 is 14.4 Å². The minimum absolute atomic E-state index is 0.133. The van der Waals surface area contributed by atoms with Crippen molar-refractivity contribution in [2.45, 2.75) is 6.42 Å². The third-order valence-electron chi connectivity index (χ3n) is 4.41. The van der Waals surface area contributed by atoms with Crippen molar-refractivity contribution in [2.75, 3.05) is 0 Å². The highest BCUT2D eigenvalue weighted by Crippen LogP contribution is 2.34. The van der Waals surface area contributed by atoms with E-state index >= 15 is 0 Å². The number of para-hydroxylation sites is 1. The molecule has 4 rings (SSSR count). The first-order valence-electron chi connectivity index (χ1n) is 8.40. The smallest absolute Gasteiger partial charge is 0.270 e. The molecular weight excluding hydrogens is 358 g/mol. The van der Waals surface area contributed by atoms with Crippen LogP contribution in [0.4, 0.5) is 11.4 Å². The molecule has 28 heavy (non-hydrogen) atoms. The van der Waals surface area contributed by atoms with Gasteiger partial charge in [0.05, 0.1) is 27.5 Å². The Morgan fingerprint density at radius 3 is 2.82 bits per heavy atom. The highest BCUT2D eigenvalue weighted by Gasteiger charge is 2.19. The maximum Gasteiger partial charge on any atom is 0.270 e. The van der Waals surface area contributed by atoms with E-state index < -0.39 is 4.92 Å². The van der Waals surface area contributed by atoms with Crippen molar-refractivity contribution in [1.29, 1.82) is 5.26 Å².